The van der Waals surface area contributed by atoms with Gasteiger partial charge in [0.15, 0.2) is 5.76 Å². The van der Waals surface area contributed by atoms with Crippen molar-refractivity contribution in [1.82, 2.24) is 4.57 Å². The van der Waals surface area contributed by atoms with Crippen LogP contribution >= 0.6 is 0 Å². The largest absolute Gasteiger partial charge is 0.872 e. The molecule has 1 atom stereocenters. The Balaban J connectivity index is 1.46. The number of aromatic nitrogens is 1. The van der Waals surface area contributed by atoms with Gasteiger partial charge in [-0.2, -0.15) is 0 Å². The molecule has 4 aromatic rings. The van der Waals surface area contributed by atoms with Gasteiger partial charge in [-0.15, -0.1) is 0 Å². The zero-order valence-corrected chi connectivity index (χ0v) is 18.1. The van der Waals surface area contributed by atoms with Crippen LogP contribution in [-0.2, 0) is 20.1 Å². The minimum atomic E-state index is -0.185. The van der Waals surface area contributed by atoms with Crippen molar-refractivity contribution in [2.75, 3.05) is 7.05 Å². The summed E-state index contributed by atoms with van der Waals surface area (Å²) in [4.78, 5) is 14.2. The number of benzene rings is 3. The van der Waals surface area contributed by atoms with Crippen molar-refractivity contribution >= 4 is 22.8 Å². The van der Waals surface area contributed by atoms with E-state index in [4.69, 9.17) is 4.74 Å². The van der Waals surface area contributed by atoms with E-state index in [0.717, 1.165) is 27.9 Å². The summed E-state index contributed by atoms with van der Waals surface area (Å²) < 4.78 is 8.06. The molecule has 1 aliphatic rings. The number of hydrogen-bond donors (Lipinski definition) is 1. The first-order valence-electron chi connectivity index (χ1n) is 10.7. The summed E-state index contributed by atoms with van der Waals surface area (Å²) in [6.07, 6.45) is 3.76. The first-order valence-corrected chi connectivity index (χ1v) is 10.7. The van der Waals surface area contributed by atoms with Gasteiger partial charge in [0, 0.05) is 40.8 Å². The molecule has 2 heterocycles. The highest BCUT2D eigenvalue weighted by molar-refractivity contribution is 6.15. The van der Waals surface area contributed by atoms with E-state index in [2.05, 4.69) is 12.1 Å². The number of carbonyl (C=O) groups is 1. The molecule has 0 radical (unpaired) electrons. The second-order valence-corrected chi connectivity index (χ2v) is 8.37. The second kappa shape index (κ2) is 8.02. The third-order valence-corrected chi connectivity index (χ3v) is 5.94. The normalized spacial score (nSPS) is 15.2. The molecule has 0 saturated carbocycles. The fourth-order valence-electron chi connectivity index (χ4n) is 4.39. The molecule has 3 aromatic carbocycles. The maximum atomic E-state index is 13.1. The fourth-order valence-corrected chi connectivity index (χ4v) is 4.39. The monoisotopic (exact) mass is 424 g/mol. The van der Waals surface area contributed by atoms with Crippen LogP contribution in [0, 0.1) is 0 Å². The average Bonchev–Trinajstić information content (AvgIpc) is 3.28. The summed E-state index contributed by atoms with van der Waals surface area (Å²) in [6, 6.07) is 21.2. The van der Waals surface area contributed by atoms with Gasteiger partial charge in [0.25, 0.3) is 0 Å². The molecule has 0 amide bonds. The number of para-hydroxylation sites is 1. The lowest BCUT2D eigenvalue weighted by Gasteiger charge is -2.20. The van der Waals surface area contributed by atoms with Gasteiger partial charge >= 0.3 is 0 Å². The number of allylic oxidation sites excluding steroid dienone is 1. The van der Waals surface area contributed by atoms with Gasteiger partial charge in [0.2, 0.25) is 5.78 Å². The summed E-state index contributed by atoms with van der Waals surface area (Å²) in [5.74, 6) is 0.371. The molecule has 0 saturated heterocycles. The summed E-state index contributed by atoms with van der Waals surface area (Å²) >= 11 is 0. The Labute approximate surface area is 186 Å². The number of ether oxygens (including phenoxy) is 1. The van der Waals surface area contributed by atoms with E-state index in [1.54, 1.807) is 12.1 Å². The summed E-state index contributed by atoms with van der Waals surface area (Å²) in [7, 11) is 4.01. The highest BCUT2D eigenvalue weighted by atomic mass is 16.5. The molecule has 1 aromatic heterocycles. The molecule has 0 spiro atoms. The third kappa shape index (κ3) is 3.57. The van der Waals surface area contributed by atoms with Crippen molar-refractivity contribution in [3.05, 3.63) is 101 Å². The molecule has 0 fully saturated rings. The number of quaternary nitrogens is 1. The van der Waals surface area contributed by atoms with Crippen LogP contribution in [0.25, 0.3) is 17.0 Å². The lowest BCUT2D eigenvalue weighted by atomic mass is 10.0. The Morgan fingerprint density at radius 2 is 1.75 bits per heavy atom. The smallest absolute Gasteiger partial charge is 0.231 e. The summed E-state index contributed by atoms with van der Waals surface area (Å²) in [5, 5.41) is 13.7. The van der Waals surface area contributed by atoms with E-state index in [1.807, 2.05) is 67.3 Å². The van der Waals surface area contributed by atoms with Gasteiger partial charge in [-0.25, -0.2) is 0 Å². The van der Waals surface area contributed by atoms with Crippen LogP contribution in [0.3, 0.4) is 0 Å². The Morgan fingerprint density at radius 3 is 2.56 bits per heavy atom. The average molecular weight is 425 g/mol. The summed E-state index contributed by atoms with van der Waals surface area (Å²) in [5.41, 5.74) is 4.19. The zero-order chi connectivity index (χ0) is 22.2. The minimum absolute atomic E-state index is 0.102. The Bertz CT molecular complexity index is 1350. The number of nitrogens with one attached hydrogen (secondary N) is 1. The number of nitrogens with zero attached hydrogens (tertiary/aromatic N) is 1. The molecule has 0 aliphatic carbocycles. The number of aryl methyl sites for hydroxylation is 1. The van der Waals surface area contributed by atoms with Crippen molar-refractivity contribution < 1.29 is 19.5 Å². The minimum Gasteiger partial charge on any atom is -0.872 e. The van der Waals surface area contributed by atoms with E-state index in [-0.39, 0.29) is 17.3 Å². The molecule has 0 bridgehead atoms. The van der Waals surface area contributed by atoms with Crippen molar-refractivity contribution in [2.45, 2.75) is 13.1 Å². The van der Waals surface area contributed by atoms with E-state index < -0.39 is 0 Å². The van der Waals surface area contributed by atoms with Crippen molar-refractivity contribution in [3.8, 4) is 11.5 Å². The fraction of sp³-hybridized carbons (Fsp3) is 0.148. The topological polar surface area (TPSA) is 58.7 Å². The Hall–Kier alpha value is -3.83. The Morgan fingerprint density at radius 1 is 1.00 bits per heavy atom. The predicted molar refractivity (Wildman–Crippen MR) is 122 cm³/mol. The van der Waals surface area contributed by atoms with Crippen LogP contribution in [0.4, 0.5) is 0 Å². The second-order valence-electron chi connectivity index (χ2n) is 8.37. The van der Waals surface area contributed by atoms with Gasteiger partial charge in [-0.05, 0) is 18.2 Å². The number of rotatable bonds is 5. The number of carbonyl (C=O) groups excluding carboxylic acids is 1. The molecular weight excluding hydrogens is 400 g/mol. The van der Waals surface area contributed by atoms with Crippen LogP contribution < -0.4 is 14.7 Å². The van der Waals surface area contributed by atoms with Crippen molar-refractivity contribution in [2.24, 2.45) is 7.05 Å². The van der Waals surface area contributed by atoms with Crippen LogP contribution in [-0.4, -0.2) is 17.4 Å². The number of ketones is 1. The van der Waals surface area contributed by atoms with Gasteiger partial charge in [-0.1, -0.05) is 60.3 Å². The van der Waals surface area contributed by atoms with E-state index in [1.165, 1.54) is 11.6 Å². The van der Waals surface area contributed by atoms with E-state index >= 15 is 0 Å². The van der Waals surface area contributed by atoms with Gasteiger partial charge in [-0.3, -0.25) is 4.79 Å². The highest BCUT2D eigenvalue weighted by Crippen LogP contribution is 2.38. The van der Waals surface area contributed by atoms with Crippen LogP contribution in [0.2, 0.25) is 0 Å². The van der Waals surface area contributed by atoms with Crippen LogP contribution in [0.5, 0.6) is 11.5 Å². The molecule has 32 heavy (non-hydrogen) atoms. The van der Waals surface area contributed by atoms with Gasteiger partial charge in [0.1, 0.15) is 18.8 Å². The maximum absolute atomic E-state index is 13.1. The molecule has 1 N–H and O–H groups in total. The zero-order valence-electron chi connectivity index (χ0n) is 18.1. The molecule has 160 valence electrons. The lowest BCUT2D eigenvalue weighted by Crippen LogP contribution is -3.06. The Kier molecular flexibility index (Phi) is 5.04. The van der Waals surface area contributed by atoms with Crippen LogP contribution in [0.15, 0.2) is 78.7 Å². The van der Waals surface area contributed by atoms with Crippen LogP contribution in [0.1, 0.15) is 27.0 Å². The molecule has 5 rings (SSSR count). The van der Waals surface area contributed by atoms with Crippen molar-refractivity contribution in [3.63, 3.8) is 0 Å². The standard InChI is InChI=1S/C27H24N2O3/c1-28(15-18-8-4-3-5-9-18)17-22-24(30)13-12-21-26(31)25(32-27(21)22)14-19-16-29(2)23-11-7-6-10-20(19)23/h3-14,16,30H,15,17H2,1-2H3. The third-order valence-electron chi connectivity index (χ3n) is 5.94. The SMILES string of the molecule is Cn1cc(C=C2Oc3c(ccc([O-])c3C[NH+](C)Cc3ccccc3)C2=O)c2ccccc21. The predicted octanol–water partition coefficient (Wildman–Crippen LogP) is 3.08. The summed E-state index contributed by atoms with van der Waals surface area (Å²) in [6.45, 7) is 1.25. The number of hydrogen-bond acceptors (Lipinski definition) is 3. The molecule has 1 aliphatic heterocycles. The van der Waals surface area contributed by atoms with E-state index in [0.29, 0.717) is 23.4 Å². The quantitative estimate of drug-likeness (QED) is 0.501. The first kappa shape index (κ1) is 20.1. The molecular formula is C27H24N2O3. The van der Waals surface area contributed by atoms with Crippen molar-refractivity contribution in [1.29, 1.82) is 0 Å². The lowest BCUT2D eigenvalue weighted by molar-refractivity contribution is -0.907. The van der Waals surface area contributed by atoms with Gasteiger partial charge < -0.3 is 19.3 Å². The maximum Gasteiger partial charge on any atom is 0.231 e. The highest BCUT2D eigenvalue weighted by Gasteiger charge is 2.31. The molecule has 5 heteroatoms. The number of fused-ring (bicyclic) bond motifs is 2. The number of Topliss-reactive ketones (excluding diaryl/α,β-unsaturated/α-hetero) is 1. The van der Waals surface area contributed by atoms with Gasteiger partial charge in [0.05, 0.1) is 12.6 Å². The van der Waals surface area contributed by atoms with E-state index in [9.17, 15) is 9.90 Å². The molecule has 5 nitrogen and oxygen atoms in total. The molecule has 1 unspecified atom stereocenters. The first-order chi connectivity index (χ1) is 15.5.